The van der Waals surface area contributed by atoms with Crippen molar-refractivity contribution in [1.29, 1.82) is 0 Å². The van der Waals surface area contributed by atoms with Crippen LogP contribution in [-0.4, -0.2) is 29.2 Å². The second-order valence-corrected chi connectivity index (χ2v) is 8.04. The Balaban J connectivity index is 1.76. The predicted octanol–water partition coefficient (Wildman–Crippen LogP) is 4.85. The third-order valence-corrected chi connectivity index (χ3v) is 5.35. The molecule has 2 aromatic carbocycles. The minimum atomic E-state index is 0.109. The quantitative estimate of drug-likeness (QED) is 0.662. The van der Waals surface area contributed by atoms with Crippen LogP contribution >= 0.6 is 31.9 Å². The summed E-state index contributed by atoms with van der Waals surface area (Å²) in [6.07, 6.45) is 2.34. The maximum Gasteiger partial charge on any atom is 0.253 e. The highest BCUT2D eigenvalue weighted by molar-refractivity contribution is 9.10. The highest BCUT2D eigenvalue weighted by Crippen LogP contribution is 2.33. The molecule has 0 bridgehead atoms. The summed E-state index contributed by atoms with van der Waals surface area (Å²) in [7, 11) is 1.90. The van der Waals surface area contributed by atoms with Crippen molar-refractivity contribution in [2.75, 3.05) is 13.6 Å². The van der Waals surface area contributed by atoms with Crippen molar-refractivity contribution >= 4 is 48.5 Å². The van der Waals surface area contributed by atoms with Gasteiger partial charge in [-0.15, -0.1) is 0 Å². The Labute approximate surface area is 141 Å². The fraction of sp³-hybridized carbons (Fsp3) is 0.353. The zero-order chi connectivity index (χ0) is 15.0. The van der Waals surface area contributed by atoms with Gasteiger partial charge in [-0.25, -0.2) is 0 Å². The van der Waals surface area contributed by atoms with E-state index in [4.69, 9.17) is 0 Å². The number of hydrogen-bond acceptors (Lipinski definition) is 1. The Hall–Kier alpha value is -0.870. The minimum absolute atomic E-state index is 0.109. The summed E-state index contributed by atoms with van der Waals surface area (Å²) in [5.74, 6) is 0.748. The normalized spacial score (nSPS) is 21.1. The Morgan fingerprint density at radius 2 is 1.86 bits per heavy atom. The molecule has 2 aromatic rings. The van der Waals surface area contributed by atoms with Crippen LogP contribution in [0.4, 0.5) is 0 Å². The van der Waals surface area contributed by atoms with E-state index < -0.39 is 0 Å². The first kappa shape index (κ1) is 15.0. The third-order valence-electron chi connectivity index (χ3n) is 4.11. The molecule has 0 spiro atoms. The molecule has 2 nitrogen and oxygen atoms in total. The van der Waals surface area contributed by atoms with E-state index in [0.29, 0.717) is 10.7 Å². The maximum atomic E-state index is 12.5. The van der Waals surface area contributed by atoms with Crippen molar-refractivity contribution in [3.05, 3.63) is 46.4 Å². The lowest BCUT2D eigenvalue weighted by atomic mass is 9.85. The summed E-state index contributed by atoms with van der Waals surface area (Å²) < 4.78 is 1.06. The van der Waals surface area contributed by atoms with Crippen molar-refractivity contribution in [1.82, 2.24) is 4.90 Å². The zero-order valence-corrected chi connectivity index (χ0v) is 15.0. The highest BCUT2D eigenvalue weighted by atomic mass is 79.9. The molecule has 110 valence electrons. The third kappa shape index (κ3) is 3.32. The van der Waals surface area contributed by atoms with Crippen LogP contribution in [0.5, 0.6) is 0 Å². The first-order valence-corrected chi connectivity index (χ1v) is 8.82. The second kappa shape index (κ2) is 6.09. The summed E-state index contributed by atoms with van der Waals surface area (Å²) in [6.45, 7) is 0.847. The molecule has 0 heterocycles. The molecule has 0 saturated heterocycles. The van der Waals surface area contributed by atoms with E-state index in [1.807, 2.05) is 42.3 Å². The Bertz CT molecular complexity index is 680. The SMILES string of the molecule is CN(CC1CC(Br)C1)C(=O)c1ccc2cc(Br)ccc2c1. The van der Waals surface area contributed by atoms with Gasteiger partial charge in [0.05, 0.1) is 0 Å². The standard InChI is InChI=1S/C17H17Br2NO/c1-20(10-11-6-16(19)7-11)17(21)14-3-2-13-9-15(18)5-4-12(13)8-14/h2-5,8-9,11,16H,6-7,10H2,1H3. The predicted molar refractivity (Wildman–Crippen MR) is 94.0 cm³/mol. The van der Waals surface area contributed by atoms with Crippen LogP contribution in [-0.2, 0) is 0 Å². The van der Waals surface area contributed by atoms with Gasteiger partial charge >= 0.3 is 0 Å². The van der Waals surface area contributed by atoms with Crippen LogP contribution in [0.1, 0.15) is 23.2 Å². The summed E-state index contributed by atoms with van der Waals surface area (Å²) in [5.41, 5.74) is 0.766. The van der Waals surface area contributed by atoms with Gasteiger partial charge in [-0.3, -0.25) is 4.79 Å². The average molecular weight is 411 g/mol. The van der Waals surface area contributed by atoms with Crippen molar-refractivity contribution in [2.45, 2.75) is 17.7 Å². The Morgan fingerprint density at radius 1 is 1.19 bits per heavy atom. The van der Waals surface area contributed by atoms with E-state index in [-0.39, 0.29) is 5.91 Å². The van der Waals surface area contributed by atoms with Crippen LogP contribution in [0.2, 0.25) is 0 Å². The maximum absolute atomic E-state index is 12.5. The fourth-order valence-electron chi connectivity index (χ4n) is 2.84. The first-order valence-electron chi connectivity index (χ1n) is 7.12. The van der Waals surface area contributed by atoms with Crippen molar-refractivity contribution < 1.29 is 4.79 Å². The second-order valence-electron chi connectivity index (χ2n) is 5.83. The van der Waals surface area contributed by atoms with E-state index in [1.54, 1.807) is 0 Å². The van der Waals surface area contributed by atoms with E-state index in [1.165, 1.54) is 12.8 Å². The Morgan fingerprint density at radius 3 is 2.57 bits per heavy atom. The van der Waals surface area contributed by atoms with Crippen LogP contribution in [0.25, 0.3) is 10.8 Å². The van der Waals surface area contributed by atoms with Gasteiger partial charge in [0.25, 0.3) is 5.91 Å². The molecule has 0 N–H and O–H groups in total. The first-order chi connectivity index (χ1) is 10.0. The summed E-state index contributed by atoms with van der Waals surface area (Å²) >= 11 is 7.07. The van der Waals surface area contributed by atoms with E-state index in [2.05, 4.69) is 37.9 Å². The van der Waals surface area contributed by atoms with E-state index >= 15 is 0 Å². The van der Waals surface area contributed by atoms with Gasteiger partial charge in [0.1, 0.15) is 0 Å². The Kier molecular flexibility index (Phi) is 4.36. The summed E-state index contributed by atoms with van der Waals surface area (Å²) in [4.78, 5) is 15.0. The molecule has 1 fully saturated rings. The molecule has 0 aromatic heterocycles. The molecule has 1 amide bonds. The summed E-state index contributed by atoms with van der Waals surface area (Å²) in [5, 5.41) is 2.24. The van der Waals surface area contributed by atoms with Gasteiger partial charge in [0, 0.05) is 28.5 Å². The lowest BCUT2D eigenvalue weighted by molar-refractivity contribution is 0.0749. The molecular formula is C17H17Br2NO. The number of amides is 1. The van der Waals surface area contributed by atoms with Crippen molar-refractivity contribution in [3.8, 4) is 0 Å². The monoisotopic (exact) mass is 409 g/mol. The number of benzene rings is 2. The molecule has 0 unspecified atom stereocenters. The molecule has 1 aliphatic carbocycles. The van der Waals surface area contributed by atoms with Crippen molar-refractivity contribution in [3.63, 3.8) is 0 Å². The van der Waals surface area contributed by atoms with Gasteiger partial charge in [-0.1, -0.05) is 44.0 Å². The van der Waals surface area contributed by atoms with E-state index in [0.717, 1.165) is 27.4 Å². The molecule has 21 heavy (non-hydrogen) atoms. The number of hydrogen-bond donors (Lipinski definition) is 0. The van der Waals surface area contributed by atoms with Gasteiger partial charge in [0.2, 0.25) is 0 Å². The number of rotatable bonds is 3. The van der Waals surface area contributed by atoms with Crippen LogP contribution in [0.15, 0.2) is 40.9 Å². The number of carbonyl (C=O) groups is 1. The topological polar surface area (TPSA) is 20.3 Å². The number of alkyl halides is 1. The zero-order valence-electron chi connectivity index (χ0n) is 11.9. The largest absolute Gasteiger partial charge is 0.341 e. The van der Waals surface area contributed by atoms with Crippen LogP contribution in [0.3, 0.4) is 0 Å². The average Bonchev–Trinajstić information content (AvgIpc) is 2.44. The molecule has 1 aliphatic rings. The molecule has 3 rings (SSSR count). The molecular weight excluding hydrogens is 394 g/mol. The number of carbonyl (C=O) groups excluding carboxylic acids is 1. The van der Waals surface area contributed by atoms with E-state index in [9.17, 15) is 4.79 Å². The highest BCUT2D eigenvalue weighted by Gasteiger charge is 2.28. The van der Waals surface area contributed by atoms with Gasteiger partial charge in [0.15, 0.2) is 0 Å². The minimum Gasteiger partial charge on any atom is -0.341 e. The lowest BCUT2D eigenvalue weighted by Crippen LogP contribution is -2.37. The molecule has 4 heteroatoms. The molecule has 1 saturated carbocycles. The lowest BCUT2D eigenvalue weighted by Gasteiger charge is -2.34. The van der Waals surface area contributed by atoms with Crippen molar-refractivity contribution in [2.24, 2.45) is 5.92 Å². The number of halogens is 2. The van der Waals surface area contributed by atoms with Gasteiger partial charge in [-0.2, -0.15) is 0 Å². The van der Waals surface area contributed by atoms with Gasteiger partial charge < -0.3 is 4.90 Å². The molecule has 0 atom stereocenters. The molecule has 0 aliphatic heterocycles. The number of fused-ring (bicyclic) bond motifs is 1. The summed E-state index contributed by atoms with van der Waals surface area (Å²) in [6, 6.07) is 12.0. The molecule has 0 radical (unpaired) electrons. The van der Waals surface area contributed by atoms with Crippen LogP contribution < -0.4 is 0 Å². The smallest absolute Gasteiger partial charge is 0.253 e. The van der Waals surface area contributed by atoms with Gasteiger partial charge in [-0.05, 0) is 53.8 Å². The fourth-order valence-corrected chi connectivity index (χ4v) is 4.28. The van der Waals surface area contributed by atoms with Crippen LogP contribution in [0, 0.1) is 5.92 Å². The number of nitrogens with zero attached hydrogens (tertiary/aromatic N) is 1.